The highest BCUT2D eigenvalue weighted by molar-refractivity contribution is 6.37. The van der Waals surface area contributed by atoms with Gasteiger partial charge in [0.1, 0.15) is 12.7 Å². The Morgan fingerprint density at radius 1 is 0.875 bits per heavy atom. The second-order valence-corrected chi connectivity index (χ2v) is 6.44. The number of benzene rings is 2. The van der Waals surface area contributed by atoms with Crippen molar-refractivity contribution in [1.29, 1.82) is 0 Å². The van der Waals surface area contributed by atoms with E-state index < -0.39 is 5.95 Å². The van der Waals surface area contributed by atoms with E-state index >= 15 is 4.39 Å². The third-order valence-electron chi connectivity index (χ3n) is 3.23. The number of nitrogens with zero attached hydrogens (tertiary/aromatic N) is 3. The summed E-state index contributed by atoms with van der Waals surface area (Å²) >= 11 is 24.4. The molecule has 0 saturated carbocycles. The van der Waals surface area contributed by atoms with Crippen LogP contribution in [0.25, 0.3) is 11.5 Å². The first-order valence-corrected chi connectivity index (χ1v) is 8.14. The van der Waals surface area contributed by atoms with Crippen molar-refractivity contribution >= 4 is 57.9 Å². The van der Waals surface area contributed by atoms with Crippen molar-refractivity contribution in [2.75, 3.05) is 0 Å². The van der Waals surface area contributed by atoms with E-state index in [0.717, 1.165) is 4.68 Å². The van der Waals surface area contributed by atoms with Crippen LogP contribution in [0.5, 0.6) is 0 Å². The van der Waals surface area contributed by atoms with Crippen LogP contribution in [0.4, 0.5) is 4.39 Å². The van der Waals surface area contributed by atoms with Gasteiger partial charge in [-0.05, 0) is 24.3 Å². The Hall–Kier alpha value is -1.59. The van der Waals surface area contributed by atoms with Crippen LogP contribution in [-0.2, 0) is 0 Å². The van der Waals surface area contributed by atoms with Gasteiger partial charge in [-0.1, -0.05) is 58.5 Å². The first kappa shape index (κ1) is 17.2. The number of hydrogen-bond donors (Lipinski definition) is 0. The fourth-order valence-electron chi connectivity index (χ4n) is 2.18. The summed E-state index contributed by atoms with van der Waals surface area (Å²) in [6, 6.07) is 9.50. The number of halogens is 5. The summed E-state index contributed by atoms with van der Waals surface area (Å²) in [6.07, 6.45) is 2.47. The first-order chi connectivity index (χ1) is 11.5. The molecule has 0 N–H and O–H groups in total. The Balaban J connectivity index is 2.31. The van der Waals surface area contributed by atoms with Gasteiger partial charge in [-0.25, -0.2) is 4.98 Å². The Morgan fingerprint density at radius 2 is 1.42 bits per heavy atom. The summed E-state index contributed by atoms with van der Waals surface area (Å²) in [4.78, 5) is 3.76. The molecule has 0 aliphatic rings. The van der Waals surface area contributed by atoms with E-state index in [2.05, 4.69) is 10.1 Å². The SMILES string of the molecule is FC(=C(c1ccc(Cl)cc1Cl)c1ccc(Cl)cc1Cl)n1cncn1. The molecule has 0 atom stereocenters. The molecule has 0 fully saturated rings. The zero-order valence-corrected chi connectivity index (χ0v) is 14.9. The molecule has 0 radical (unpaired) electrons. The average molecular weight is 403 g/mol. The van der Waals surface area contributed by atoms with Crippen LogP contribution in [0.2, 0.25) is 20.1 Å². The van der Waals surface area contributed by atoms with E-state index in [4.69, 9.17) is 46.4 Å². The fourth-order valence-corrected chi connectivity index (χ4v) is 3.18. The molecular formula is C16H8Cl4FN3. The van der Waals surface area contributed by atoms with Gasteiger partial charge in [0.25, 0.3) is 0 Å². The quantitative estimate of drug-likeness (QED) is 0.519. The lowest BCUT2D eigenvalue weighted by Crippen LogP contribution is -2.00. The van der Waals surface area contributed by atoms with Crippen molar-refractivity contribution in [1.82, 2.24) is 14.8 Å². The third kappa shape index (κ3) is 3.42. The normalized spacial score (nSPS) is 10.7. The smallest absolute Gasteiger partial charge is 0.223 e. The van der Waals surface area contributed by atoms with Crippen molar-refractivity contribution in [2.45, 2.75) is 0 Å². The van der Waals surface area contributed by atoms with Gasteiger partial charge < -0.3 is 0 Å². The Morgan fingerprint density at radius 3 is 1.83 bits per heavy atom. The summed E-state index contributed by atoms with van der Waals surface area (Å²) in [7, 11) is 0. The molecule has 0 amide bonds. The maximum atomic E-state index is 15.1. The molecule has 0 spiro atoms. The van der Waals surface area contributed by atoms with Crippen molar-refractivity contribution in [2.24, 2.45) is 0 Å². The zero-order chi connectivity index (χ0) is 17.3. The summed E-state index contributed by atoms with van der Waals surface area (Å²) in [6.45, 7) is 0. The van der Waals surface area contributed by atoms with Gasteiger partial charge in [-0.2, -0.15) is 14.2 Å². The highest BCUT2D eigenvalue weighted by Gasteiger charge is 2.20. The Labute approximate surface area is 157 Å². The van der Waals surface area contributed by atoms with Crippen LogP contribution in [0.1, 0.15) is 11.1 Å². The number of aromatic nitrogens is 3. The highest BCUT2D eigenvalue weighted by Crippen LogP contribution is 2.38. The van der Waals surface area contributed by atoms with Crippen LogP contribution >= 0.6 is 46.4 Å². The Bertz CT molecular complexity index is 870. The monoisotopic (exact) mass is 401 g/mol. The lowest BCUT2D eigenvalue weighted by molar-refractivity contribution is 0.653. The van der Waals surface area contributed by atoms with Crippen LogP contribution in [0, 0.1) is 0 Å². The van der Waals surface area contributed by atoms with E-state index in [1.165, 1.54) is 24.8 Å². The minimum atomic E-state index is -0.680. The summed E-state index contributed by atoms with van der Waals surface area (Å²) < 4.78 is 16.1. The van der Waals surface area contributed by atoms with Gasteiger partial charge >= 0.3 is 0 Å². The van der Waals surface area contributed by atoms with Gasteiger partial charge in [-0.3, -0.25) is 0 Å². The molecule has 122 valence electrons. The molecule has 3 rings (SSSR count). The highest BCUT2D eigenvalue weighted by atomic mass is 35.5. The van der Waals surface area contributed by atoms with E-state index in [1.807, 2.05) is 0 Å². The molecule has 0 aliphatic heterocycles. The first-order valence-electron chi connectivity index (χ1n) is 6.63. The summed E-state index contributed by atoms with van der Waals surface area (Å²) in [5, 5.41) is 5.24. The largest absolute Gasteiger partial charge is 0.224 e. The third-order valence-corrected chi connectivity index (χ3v) is 4.32. The lowest BCUT2D eigenvalue weighted by atomic mass is 9.98. The van der Waals surface area contributed by atoms with Gasteiger partial charge in [0.15, 0.2) is 0 Å². The summed E-state index contributed by atoms with van der Waals surface area (Å²) in [5.41, 5.74) is 0.986. The van der Waals surface area contributed by atoms with Crippen molar-refractivity contribution < 1.29 is 4.39 Å². The molecule has 8 heteroatoms. The standard InChI is InChI=1S/C16H8Cl4FN3/c17-9-1-3-11(13(19)5-9)15(16(21)24-8-22-7-23-24)12-4-2-10(18)6-14(12)20/h1-8H. The van der Waals surface area contributed by atoms with Gasteiger partial charge in [0.05, 0.1) is 10.0 Å². The number of hydrogen-bond acceptors (Lipinski definition) is 2. The van der Waals surface area contributed by atoms with E-state index in [1.54, 1.807) is 24.3 Å². The van der Waals surface area contributed by atoms with Crippen molar-refractivity contribution in [3.63, 3.8) is 0 Å². The second-order valence-electron chi connectivity index (χ2n) is 4.75. The summed E-state index contributed by atoms with van der Waals surface area (Å²) in [5.74, 6) is -0.680. The van der Waals surface area contributed by atoms with Gasteiger partial charge in [0.2, 0.25) is 5.95 Å². The van der Waals surface area contributed by atoms with Gasteiger partial charge in [0, 0.05) is 26.7 Å². The van der Waals surface area contributed by atoms with Crippen LogP contribution in [0.3, 0.4) is 0 Å². The lowest BCUT2D eigenvalue weighted by Gasteiger charge is -2.14. The van der Waals surface area contributed by atoms with E-state index in [9.17, 15) is 0 Å². The Kier molecular flexibility index (Phi) is 5.11. The molecule has 0 bridgehead atoms. The van der Waals surface area contributed by atoms with Crippen molar-refractivity contribution in [3.05, 3.63) is 80.3 Å². The minimum absolute atomic E-state index is 0.156. The maximum absolute atomic E-state index is 15.1. The molecule has 24 heavy (non-hydrogen) atoms. The predicted molar refractivity (Wildman–Crippen MR) is 96.3 cm³/mol. The average Bonchev–Trinajstić information content (AvgIpc) is 3.05. The number of rotatable bonds is 3. The molecule has 1 heterocycles. The predicted octanol–water partition coefficient (Wildman–Crippen LogP) is 6.24. The van der Waals surface area contributed by atoms with Crippen molar-refractivity contribution in [3.8, 4) is 0 Å². The molecule has 0 unspecified atom stereocenters. The molecule has 0 saturated heterocycles. The molecule has 0 aliphatic carbocycles. The molecule has 2 aromatic carbocycles. The molecule has 1 aromatic heterocycles. The topological polar surface area (TPSA) is 30.7 Å². The minimum Gasteiger partial charge on any atom is -0.223 e. The fraction of sp³-hybridized carbons (Fsp3) is 0. The van der Waals surface area contributed by atoms with Crippen LogP contribution in [0.15, 0.2) is 49.1 Å². The zero-order valence-electron chi connectivity index (χ0n) is 11.9. The molecular weight excluding hydrogens is 395 g/mol. The molecule has 3 aromatic rings. The van der Waals surface area contributed by atoms with Crippen LogP contribution < -0.4 is 0 Å². The van der Waals surface area contributed by atoms with Gasteiger partial charge in [-0.15, -0.1) is 0 Å². The van der Waals surface area contributed by atoms with E-state index in [-0.39, 0.29) is 15.6 Å². The molecule has 3 nitrogen and oxygen atoms in total. The maximum Gasteiger partial charge on any atom is 0.224 e. The van der Waals surface area contributed by atoms with E-state index in [0.29, 0.717) is 21.2 Å². The second kappa shape index (κ2) is 7.11. The van der Waals surface area contributed by atoms with Crippen LogP contribution in [-0.4, -0.2) is 14.8 Å².